The minimum absolute atomic E-state index is 0.0379. The quantitative estimate of drug-likeness (QED) is 0.460. The third kappa shape index (κ3) is 4.79. The van der Waals surface area contributed by atoms with E-state index in [1.54, 1.807) is 54.6 Å². The number of nitrogens with one attached hydrogen (secondary N) is 2. The lowest BCUT2D eigenvalue weighted by molar-refractivity contribution is -0.385. The summed E-state index contributed by atoms with van der Waals surface area (Å²) in [6, 6.07) is 20.4. The number of para-hydroxylation sites is 1. The smallest absolute Gasteiger partial charge is 0.311 e. The van der Waals surface area contributed by atoms with Crippen LogP contribution in [0.15, 0.2) is 78.9 Å². The van der Waals surface area contributed by atoms with Gasteiger partial charge in [0.25, 0.3) is 11.8 Å². The highest BCUT2D eigenvalue weighted by molar-refractivity contribution is 6.02. The van der Waals surface area contributed by atoms with Gasteiger partial charge in [-0.05, 0) is 29.8 Å². The Morgan fingerprint density at radius 2 is 1.60 bits per heavy atom. The lowest BCUT2D eigenvalue weighted by atomic mass is 10.0. The van der Waals surface area contributed by atoms with Gasteiger partial charge in [-0.3, -0.25) is 19.7 Å². The molecule has 0 aliphatic carbocycles. The second-order valence-electron chi connectivity index (χ2n) is 6.32. The van der Waals surface area contributed by atoms with E-state index in [1.165, 1.54) is 19.2 Å². The molecule has 1 atom stereocenters. The van der Waals surface area contributed by atoms with E-state index in [4.69, 9.17) is 4.74 Å². The molecule has 0 saturated carbocycles. The van der Waals surface area contributed by atoms with Crippen LogP contribution in [0.2, 0.25) is 0 Å². The molecule has 0 bridgehead atoms. The van der Waals surface area contributed by atoms with E-state index >= 15 is 0 Å². The van der Waals surface area contributed by atoms with Crippen LogP contribution in [0.25, 0.3) is 0 Å². The number of carbonyl (C=O) groups is 2. The maximum atomic E-state index is 12.9. The zero-order valence-electron chi connectivity index (χ0n) is 16.1. The van der Waals surface area contributed by atoms with Crippen LogP contribution in [0.1, 0.15) is 22.0 Å². The molecule has 1 unspecified atom stereocenters. The standard InChI is InChI=1S/C22H19N3O5/c1-30-19-13-12-16(14-18(19)25(28)29)21(26)24-20(15-8-4-2-5-9-15)22(27)23-17-10-6-3-7-11-17/h2-14,20H,1H3,(H,23,27)(H,24,26). The second-order valence-corrected chi connectivity index (χ2v) is 6.32. The third-order valence-corrected chi connectivity index (χ3v) is 4.35. The van der Waals surface area contributed by atoms with Gasteiger partial charge in [0, 0.05) is 17.3 Å². The molecule has 152 valence electrons. The van der Waals surface area contributed by atoms with Crippen molar-refractivity contribution >= 4 is 23.2 Å². The number of benzene rings is 3. The minimum Gasteiger partial charge on any atom is -0.490 e. The van der Waals surface area contributed by atoms with Crippen molar-refractivity contribution in [3.05, 3.63) is 100 Å². The largest absolute Gasteiger partial charge is 0.490 e. The van der Waals surface area contributed by atoms with Gasteiger partial charge in [-0.1, -0.05) is 48.5 Å². The molecule has 0 aliphatic rings. The van der Waals surface area contributed by atoms with Gasteiger partial charge in [0.2, 0.25) is 0 Å². The molecule has 8 heteroatoms. The van der Waals surface area contributed by atoms with Crippen LogP contribution in [0.4, 0.5) is 11.4 Å². The van der Waals surface area contributed by atoms with Gasteiger partial charge in [-0.25, -0.2) is 0 Å². The van der Waals surface area contributed by atoms with E-state index in [0.29, 0.717) is 11.3 Å². The number of amides is 2. The molecule has 3 aromatic rings. The second kappa shape index (κ2) is 9.33. The van der Waals surface area contributed by atoms with Gasteiger partial charge in [0.1, 0.15) is 6.04 Å². The average molecular weight is 405 g/mol. The Morgan fingerprint density at radius 3 is 2.20 bits per heavy atom. The molecule has 3 aromatic carbocycles. The van der Waals surface area contributed by atoms with Crippen molar-refractivity contribution in [2.24, 2.45) is 0 Å². The normalized spacial score (nSPS) is 11.2. The molecule has 0 aromatic heterocycles. The van der Waals surface area contributed by atoms with Crippen LogP contribution < -0.4 is 15.4 Å². The number of nitro benzene ring substituents is 1. The number of rotatable bonds is 7. The first kappa shape index (κ1) is 20.5. The van der Waals surface area contributed by atoms with E-state index in [9.17, 15) is 19.7 Å². The molecule has 0 heterocycles. The summed E-state index contributed by atoms with van der Waals surface area (Å²) in [7, 11) is 1.31. The number of nitro groups is 1. The Kier molecular flexibility index (Phi) is 6.39. The van der Waals surface area contributed by atoms with E-state index in [-0.39, 0.29) is 17.0 Å². The summed E-state index contributed by atoms with van der Waals surface area (Å²) < 4.78 is 4.96. The fourth-order valence-corrected chi connectivity index (χ4v) is 2.87. The van der Waals surface area contributed by atoms with Crippen LogP contribution in [0, 0.1) is 10.1 Å². The summed E-state index contributed by atoms with van der Waals surface area (Å²) in [5, 5.41) is 16.7. The molecule has 0 spiro atoms. The topological polar surface area (TPSA) is 111 Å². The van der Waals surface area contributed by atoms with Gasteiger partial charge in [-0.15, -0.1) is 0 Å². The van der Waals surface area contributed by atoms with Crippen molar-refractivity contribution in [3.63, 3.8) is 0 Å². The van der Waals surface area contributed by atoms with Gasteiger partial charge in [0.05, 0.1) is 12.0 Å². The maximum Gasteiger partial charge on any atom is 0.311 e. The summed E-state index contributed by atoms with van der Waals surface area (Å²) in [6.45, 7) is 0. The summed E-state index contributed by atoms with van der Waals surface area (Å²) in [4.78, 5) is 36.3. The lowest BCUT2D eigenvalue weighted by Crippen LogP contribution is -2.37. The average Bonchev–Trinajstić information content (AvgIpc) is 2.78. The van der Waals surface area contributed by atoms with Crippen LogP contribution in [0.3, 0.4) is 0 Å². The molecular formula is C22H19N3O5. The zero-order valence-corrected chi connectivity index (χ0v) is 16.1. The van der Waals surface area contributed by atoms with Gasteiger partial charge in [0.15, 0.2) is 5.75 Å². The fourth-order valence-electron chi connectivity index (χ4n) is 2.87. The van der Waals surface area contributed by atoms with Crippen LogP contribution in [-0.4, -0.2) is 23.8 Å². The number of nitrogens with zero attached hydrogens (tertiary/aromatic N) is 1. The van der Waals surface area contributed by atoms with Gasteiger partial charge in [-0.2, -0.15) is 0 Å². The molecule has 3 rings (SSSR count). The predicted molar refractivity (Wildman–Crippen MR) is 111 cm³/mol. The van der Waals surface area contributed by atoms with E-state index in [0.717, 1.165) is 6.07 Å². The SMILES string of the molecule is COc1ccc(C(=O)NC(C(=O)Nc2ccccc2)c2ccccc2)cc1[N+](=O)[O-]. The highest BCUT2D eigenvalue weighted by Gasteiger charge is 2.25. The third-order valence-electron chi connectivity index (χ3n) is 4.35. The first-order chi connectivity index (χ1) is 14.5. The Balaban J connectivity index is 1.88. The van der Waals surface area contributed by atoms with Crippen molar-refractivity contribution in [1.29, 1.82) is 0 Å². The summed E-state index contributed by atoms with van der Waals surface area (Å²) in [5.74, 6) is -1.03. The van der Waals surface area contributed by atoms with Crippen molar-refractivity contribution < 1.29 is 19.2 Å². The van der Waals surface area contributed by atoms with E-state index in [2.05, 4.69) is 10.6 Å². The number of hydrogen-bond donors (Lipinski definition) is 2. The maximum absolute atomic E-state index is 12.9. The number of anilines is 1. The Hall–Kier alpha value is -4.20. The number of hydrogen-bond acceptors (Lipinski definition) is 5. The molecule has 0 saturated heterocycles. The first-order valence-corrected chi connectivity index (χ1v) is 9.03. The minimum atomic E-state index is -1.000. The molecule has 8 nitrogen and oxygen atoms in total. The lowest BCUT2D eigenvalue weighted by Gasteiger charge is -2.19. The summed E-state index contributed by atoms with van der Waals surface area (Å²) in [5.41, 5.74) is 0.853. The number of carbonyl (C=O) groups excluding carboxylic acids is 2. The predicted octanol–water partition coefficient (Wildman–Crippen LogP) is 3.71. The molecule has 2 amide bonds. The summed E-state index contributed by atoms with van der Waals surface area (Å²) in [6.07, 6.45) is 0. The van der Waals surface area contributed by atoms with Crippen LogP contribution >= 0.6 is 0 Å². The fraction of sp³-hybridized carbons (Fsp3) is 0.0909. The Labute approximate surface area is 172 Å². The molecule has 2 N–H and O–H groups in total. The molecular weight excluding hydrogens is 386 g/mol. The molecule has 0 aliphatic heterocycles. The zero-order chi connectivity index (χ0) is 21.5. The molecule has 0 radical (unpaired) electrons. The Morgan fingerprint density at radius 1 is 0.967 bits per heavy atom. The number of ether oxygens (including phenoxy) is 1. The van der Waals surface area contributed by atoms with E-state index in [1.807, 2.05) is 6.07 Å². The Bertz CT molecular complexity index is 1050. The van der Waals surface area contributed by atoms with Crippen molar-refractivity contribution in [1.82, 2.24) is 5.32 Å². The van der Waals surface area contributed by atoms with Crippen molar-refractivity contribution in [3.8, 4) is 5.75 Å². The molecule has 0 fully saturated rings. The monoisotopic (exact) mass is 405 g/mol. The highest BCUT2D eigenvalue weighted by atomic mass is 16.6. The molecule has 30 heavy (non-hydrogen) atoms. The first-order valence-electron chi connectivity index (χ1n) is 9.03. The van der Waals surface area contributed by atoms with Crippen molar-refractivity contribution in [2.45, 2.75) is 6.04 Å². The van der Waals surface area contributed by atoms with Gasteiger partial charge < -0.3 is 15.4 Å². The highest BCUT2D eigenvalue weighted by Crippen LogP contribution is 2.28. The number of methoxy groups -OCH3 is 1. The van der Waals surface area contributed by atoms with Crippen LogP contribution in [0.5, 0.6) is 5.75 Å². The van der Waals surface area contributed by atoms with Crippen LogP contribution in [-0.2, 0) is 4.79 Å². The summed E-state index contributed by atoms with van der Waals surface area (Å²) >= 11 is 0. The van der Waals surface area contributed by atoms with Gasteiger partial charge >= 0.3 is 5.69 Å². The van der Waals surface area contributed by atoms with Crippen molar-refractivity contribution in [2.75, 3.05) is 12.4 Å². The van der Waals surface area contributed by atoms with E-state index < -0.39 is 22.8 Å².